The number of nitrogens with zero attached hydrogens (tertiary/aromatic N) is 3. The third kappa shape index (κ3) is 4.03. The number of anilines is 1. The van der Waals surface area contributed by atoms with Crippen LogP contribution >= 0.6 is 11.3 Å². The summed E-state index contributed by atoms with van der Waals surface area (Å²) in [5.41, 5.74) is 3.43. The van der Waals surface area contributed by atoms with Crippen molar-refractivity contribution in [2.24, 2.45) is 0 Å². The molecule has 6 nitrogen and oxygen atoms in total. The van der Waals surface area contributed by atoms with Crippen molar-refractivity contribution in [2.45, 2.75) is 27.3 Å². The predicted molar refractivity (Wildman–Crippen MR) is 130 cm³/mol. The Morgan fingerprint density at radius 3 is 2.56 bits per heavy atom. The normalized spacial score (nSPS) is 11.0. The zero-order valence-corrected chi connectivity index (χ0v) is 19.4. The van der Waals surface area contributed by atoms with Crippen LogP contribution in [0.1, 0.15) is 18.3 Å². The van der Waals surface area contributed by atoms with Crippen LogP contribution in [0.3, 0.4) is 0 Å². The van der Waals surface area contributed by atoms with Crippen molar-refractivity contribution in [2.75, 3.05) is 18.6 Å². The van der Waals surface area contributed by atoms with E-state index >= 15 is 0 Å². The standard InChI is InChI=1S/C25H25N3O3S/c1-5-27(19-8-6-7-16(2)13-19)22(29)14-28-17(3)26-24-23(25(28)30)21(15-32-24)18-9-11-20(31-4)12-10-18/h6-13,15H,5,14H2,1-4H3. The number of carbonyl (C=O) groups excluding carboxylic acids is 1. The minimum absolute atomic E-state index is 0.0622. The number of amides is 1. The van der Waals surface area contributed by atoms with Gasteiger partial charge in [0.25, 0.3) is 5.56 Å². The molecule has 0 unspecified atom stereocenters. The van der Waals surface area contributed by atoms with E-state index in [2.05, 4.69) is 4.98 Å². The number of thiophene rings is 1. The molecule has 0 aliphatic rings. The van der Waals surface area contributed by atoms with Crippen molar-refractivity contribution in [1.82, 2.24) is 9.55 Å². The van der Waals surface area contributed by atoms with Gasteiger partial charge in [0, 0.05) is 23.2 Å². The molecule has 0 N–H and O–H groups in total. The Balaban J connectivity index is 1.74. The molecule has 2 aromatic heterocycles. The molecule has 0 aliphatic carbocycles. The SMILES string of the molecule is CCN(C(=O)Cn1c(C)nc2scc(-c3ccc(OC)cc3)c2c1=O)c1cccc(C)c1. The number of ether oxygens (including phenoxy) is 1. The third-order valence-corrected chi connectivity index (χ3v) is 6.38. The van der Waals surface area contributed by atoms with E-state index in [9.17, 15) is 9.59 Å². The first-order valence-electron chi connectivity index (χ1n) is 10.4. The van der Waals surface area contributed by atoms with Gasteiger partial charge in [-0.2, -0.15) is 0 Å². The molecule has 0 saturated carbocycles. The summed E-state index contributed by atoms with van der Waals surface area (Å²) in [6.45, 7) is 6.14. The van der Waals surface area contributed by atoms with E-state index in [1.165, 1.54) is 15.9 Å². The van der Waals surface area contributed by atoms with Crippen LogP contribution in [-0.4, -0.2) is 29.1 Å². The van der Waals surface area contributed by atoms with Crippen molar-refractivity contribution in [3.05, 3.63) is 75.7 Å². The summed E-state index contributed by atoms with van der Waals surface area (Å²) in [6.07, 6.45) is 0. The highest BCUT2D eigenvalue weighted by molar-refractivity contribution is 7.17. The highest BCUT2D eigenvalue weighted by atomic mass is 32.1. The van der Waals surface area contributed by atoms with Crippen molar-refractivity contribution < 1.29 is 9.53 Å². The lowest BCUT2D eigenvalue weighted by Gasteiger charge is -2.22. The number of hydrogen-bond donors (Lipinski definition) is 0. The highest BCUT2D eigenvalue weighted by Crippen LogP contribution is 2.32. The Morgan fingerprint density at radius 1 is 1.16 bits per heavy atom. The van der Waals surface area contributed by atoms with E-state index in [0.717, 1.165) is 28.1 Å². The van der Waals surface area contributed by atoms with Gasteiger partial charge in [-0.3, -0.25) is 14.2 Å². The molecule has 7 heteroatoms. The number of hydrogen-bond acceptors (Lipinski definition) is 5. The van der Waals surface area contributed by atoms with Gasteiger partial charge in [-0.1, -0.05) is 24.3 Å². The van der Waals surface area contributed by atoms with Crippen molar-refractivity contribution in [3.63, 3.8) is 0 Å². The van der Waals surface area contributed by atoms with E-state index in [4.69, 9.17) is 4.74 Å². The monoisotopic (exact) mass is 447 g/mol. The molecule has 0 spiro atoms. The lowest BCUT2D eigenvalue weighted by molar-refractivity contribution is -0.119. The van der Waals surface area contributed by atoms with Gasteiger partial charge in [0.1, 0.15) is 22.9 Å². The molecule has 0 fully saturated rings. The first-order valence-corrected chi connectivity index (χ1v) is 11.3. The average molecular weight is 448 g/mol. The summed E-state index contributed by atoms with van der Waals surface area (Å²) in [6, 6.07) is 15.4. The molecular formula is C25H25N3O3S. The smallest absolute Gasteiger partial charge is 0.263 e. The van der Waals surface area contributed by atoms with Gasteiger partial charge >= 0.3 is 0 Å². The number of likely N-dealkylation sites (N-methyl/N-ethyl adjacent to an activating group) is 1. The number of carbonyl (C=O) groups is 1. The maximum absolute atomic E-state index is 13.5. The topological polar surface area (TPSA) is 64.4 Å². The molecule has 0 saturated heterocycles. The largest absolute Gasteiger partial charge is 0.497 e. The van der Waals surface area contributed by atoms with Crippen LogP contribution in [0.5, 0.6) is 5.75 Å². The van der Waals surface area contributed by atoms with E-state index in [-0.39, 0.29) is 18.0 Å². The van der Waals surface area contributed by atoms with Crippen LogP contribution in [0, 0.1) is 13.8 Å². The molecule has 0 radical (unpaired) electrons. The molecule has 2 heterocycles. The molecule has 2 aromatic carbocycles. The van der Waals surface area contributed by atoms with Crippen LogP contribution in [0.2, 0.25) is 0 Å². The van der Waals surface area contributed by atoms with Crippen LogP contribution in [0.4, 0.5) is 5.69 Å². The molecule has 164 valence electrons. The Labute approximate surface area is 190 Å². The van der Waals surface area contributed by atoms with Gasteiger partial charge in [0.15, 0.2) is 0 Å². The number of aryl methyl sites for hydroxylation is 2. The number of fused-ring (bicyclic) bond motifs is 1. The van der Waals surface area contributed by atoms with Crippen molar-refractivity contribution >= 4 is 33.1 Å². The summed E-state index contributed by atoms with van der Waals surface area (Å²) in [4.78, 5) is 33.7. The van der Waals surface area contributed by atoms with Gasteiger partial charge in [-0.25, -0.2) is 4.98 Å². The molecule has 0 bridgehead atoms. The van der Waals surface area contributed by atoms with Gasteiger partial charge in [-0.05, 0) is 56.2 Å². The number of aromatic nitrogens is 2. The molecular weight excluding hydrogens is 422 g/mol. The lowest BCUT2D eigenvalue weighted by Crippen LogP contribution is -2.37. The van der Waals surface area contributed by atoms with E-state index in [1.807, 2.05) is 67.8 Å². The van der Waals surface area contributed by atoms with Crippen molar-refractivity contribution in [1.29, 1.82) is 0 Å². The van der Waals surface area contributed by atoms with Gasteiger partial charge in [0.2, 0.25) is 5.91 Å². The Hall–Kier alpha value is -3.45. The molecule has 0 aliphatic heterocycles. The summed E-state index contributed by atoms with van der Waals surface area (Å²) >= 11 is 1.43. The fraction of sp³-hybridized carbons (Fsp3) is 0.240. The first-order chi connectivity index (χ1) is 15.4. The second-order valence-corrected chi connectivity index (χ2v) is 8.44. The first kappa shape index (κ1) is 21.8. The summed E-state index contributed by atoms with van der Waals surface area (Å²) in [5.74, 6) is 1.13. The van der Waals surface area contributed by atoms with Crippen molar-refractivity contribution in [3.8, 4) is 16.9 Å². The molecule has 0 atom stereocenters. The third-order valence-electron chi connectivity index (χ3n) is 5.51. The highest BCUT2D eigenvalue weighted by Gasteiger charge is 2.20. The second kappa shape index (κ2) is 8.96. The lowest BCUT2D eigenvalue weighted by atomic mass is 10.1. The van der Waals surface area contributed by atoms with Crippen LogP contribution < -0.4 is 15.2 Å². The Morgan fingerprint density at radius 2 is 1.91 bits per heavy atom. The number of methoxy groups -OCH3 is 1. The minimum Gasteiger partial charge on any atom is -0.497 e. The van der Waals surface area contributed by atoms with E-state index in [1.54, 1.807) is 18.9 Å². The Kier molecular flexibility index (Phi) is 6.10. The van der Waals surface area contributed by atoms with Crippen LogP contribution in [-0.2, 0) is 11.3 Å². The average Bonchev–Trinajstić information content (AvgIpc) is 3.21. The zero-order chi connectivity index (χ0) is 22.8. The molecule has 32 heavy (non-hydrogen) atoms. The fourth-order valence-corrected chi connectivity index (χ4v) is 4.80. The van der Waals surface area contributed by atoms with E-state index in [0.29, 0.717) is 22.6 Å². The minimum atomic E-state index is -0.201. The predicted octanol–water partition coefficient (Wildman–Crippen LogP) is 4.80. The van der Waals surface area contributed by atoms with Crippen LogP contribution in [0.15, 0.2) is 58.7 Å². The van der Waals surface area contributed by atoms with Crippen LogP contribution in [0.25, 0.3) is 21.3 Å². The maximum Gasteiger partial charge on any atom is 0.263 e. The van der Waals surface area contributed by atoms with Gasteiger partial charge in [-0.15, -0.1) is 11.3 Å². The molecule has 1 amide bonds. The van der Waals surface area contributed by atoms with Gasteiger partial charge in [0.05, 0.1) is 12.5 Å². The summed E-state index contributed by atoms with van der Waals surface area (Å²) < 4.78 is 6.71. The maximum atomic E-state index is 13.5. The zero-order valence-electron chi connectivity index (χ0n) is 18.6. The summed E-state index contributed by atoms with van der Waals surface area (Å²) in [5, 5.41) is 2.48. The fourth-order valence-electron chi connectivity index (χ4n) is 3.81. The molecule has 4 rings (SSSR count). The number of rotatable bonds is 6. The second-order valence-electron chi connectivity index (χ2n) is 7.59. The number of benzene rings is 2. The van der Waals surface area contributed by atoms with E-state index < -0.39 is 0 Å². The Bertz CT molecular complexity index is 1340. The molecule has 4 aromatic rings. The summed E-state index contributed by atoms with van der Waals surface area (Å²) in [7, 11) is 1.62. The van der Waals surface area contributed by atoms with Gasteiger partial charge < -0.3 is 9.64 Å². The quantitative estimate of drug-likeness (QED) is 0.426.